The number of aromatic nitrogens is 20. The van der Waals surface area contributed by atoms with E-state index in [4.69, 9.17) is 30.2 Å². The Labute approximate surface area is 683 Å². The maximum Gasteiger partial charge on any atom is 0.251 e. The summed E-state index contributed by atoms with van der Waals surface area (Å²) in [6, 6.07) is 44.8. The summed E-state index contributed by atoms with van der Waals surface area (Å²) in [4.78, 5) is 65.7. The second kappa shape index (κ2) is 36.2. The van der Waals surface area contributed by atoms with Crippen LogP contribution in [0.25, 0.3) is 39.1 Å². The molecule has 604 valence electrons. The van der Waals surface area contributed by atoms with Crippen molar-refractivity contribution in [2.45, 2.75) is 122 Å². The average molecular weight is 1610 g/mol. The number of furan rings is 1. The lowest BCUT2D eigenvalue weighted by atomic mass is 10.0. The minimum absolute atomic E-state index is 0.0362. The monoisotopic (exact) mass is 1610 g/mol. The van der Waals surface area contributed by atoms with Gasteiger partial charge in [0.2, 0.25) is 35.6 Å². The second-order valence-corrected chi connectivity index (χ2v) is 29.4. The fourth-order valence-electron chi connectivity index (χ4n) is 13.1. The van der Waals surface area contributed by atoms with E-state index in [-0.39, 0.29) is 11.8 Å². The zero-order valence-corrected chi connectivity index (χ0v) is 66.5. The van der Waals surface area contributed by atoms with Gasteiger partial charge in [0.05, 0.1) is 56.2 Å². The van der Waals surface area contributed by atoms with Crippen molar-refractivity contribution in [3.63, 3.8) is 0 Å². The van der Waals surface area contributed by atoms with Crippen LogP contribution in [0, 0.1) is 0 Å². The Hall–Kier alpha value is -14.1. The van der Waals surface area contributed by atoms with Crippen molar-refractivity contribution in [2.75, 3.05) is 58.3 Å². The molecule has 20 rings (SSSR count). The number of carbonyl (C=O) groups is 2. The normalized spacial score (nSPS) is 13.8. The first-order valence-electron chi connectivity index (χ1n) is 39.4. The van der Waals surface area contributed by atoms with Crippen LogP contribution in [-0.4, -0.2) is 137 Å². The molecule has 33 nitrogen and oxygen atoms in total. The molecule has 9 N–H and O–H groups in total. The second-order valence-electron chi connectivity index (χ2n) is 28.9. The van der Waals surface area contributed by atoms with E-state index in [9.17, 15) is 9.59 Å². The van der Waals surface area contributed by atoms with Gasteiger partial charge in [0, 0.05) is 101 Å². The van der Waals surface area contributed by atoms with Crippen molar-refractivity contribution in [1.29, 1.82) is 0 Å². The van der Waals surface area contributed by atoms with Crippen molar-refractivity contribution in [1.82, 2.24) is 104 Å². The van der Waals surface area contributed by atoms with Crippen molar-refractivity contribution < 1.29 is 28.2 Å². The number of unbranched alkanes of at least 4 members (excludes halogenated alkanes) is 1. The van der Waals surface area contributed by atoms with Crippen LogP contribution in [0.3, 0.4) is 0 Å². The molecule has 2 amide bonds. The number of aromatic amines is 3. The molecule has 1 aliphatic heterocycles. The first-order chi connectivity index (χ1) is 57.7. The molecule has 6 aromatic carbocycles. The van der Waals surface area contributed by atoms with E-state index in [1.54, 1.807) is 97.0 Å². The van der Waals surface area contributed by atoms with Crippen LogP contribution < -0.4 is 51.0 Å². The number of fused-ring (bicyclic) bond motifs is 2. The van der Waals surface area contributed by atoms with Crippen molar-refractivity contribution in [2.24, 2.45) is 7.05 Å². The van der Waals surface area contributed by atoms with Gasteiger partial charge in [0.15, 0.2) is 0 Å². The Kier molecular flexibility index (Phi) is 23.8. The highest BCUT2D eigenvalue weighted by molar-refractivity contribution is 6.30. The van der Waals surface area contributed by atoms with E-state index < -0.39 is 0 Å². The highest BCUT2D eigenvalue weighted by Gasteiger charge is 2.30. The molecule has 0 unspecified atom stereocenters. The van der Waals surface area contributed by atoms with Crippen LogP contribution in [-0.2, 0) is 24.9 Å². The molecule has 0 spiro atoms. The zero-order chi connectivity index (χ0) is 80.9. The molecule has 34 heteroatoms. The number of methoxy groups -OCH3 is 1. The Morgan fingerprint density at radius 3 is 1.90 bits per heavy atom. The topological polar surface area (TPSA) is 377 Å². The van der Waals surface area contributed by atoms with Gasteiger partial charge in [-0.3, -0.25) is 14.3 Å². The molecule has 4 saturated carbocycles. The third kappa shape index (κ3) is 20.3. The largest absolute Gasteiger partial charge is 0.496 e. The van der Waals surface area contributed by atoms with Gasteiger partial charge in [-0.05, 0) is 161 Å². The lowest BCUT2D eigenvalue weighted by Crippen LogP contribution is -2.25. The number of nitrogens with zero attached hydrogens (tertiary/aromatic N) is 18. The molecular formula is C84H90ClN27O6. The minimum atomic E-state index is -0.0362. The highest BCUT2D eigenvalue weighted by atomic mass is 35.5. The zero-order valence-electron chi connectivity index (χ0n) is 65.8. The average Bonchev–Trinajstić information content (AvgIpc) is 1.64. The van der Waals surface area contributed by atoms with Gasteiger partial charge in [0.1, 0.15) is 90.7 Å². The number of hydrogen-bond donors (Lipinski definition) is 9. The Morgan fingerprint density at radius 1 is 0.602 bits per heavy atom. The lowest BCUT2D eigenvalue weighted by molar-refractivity contribution is -0.116. The fraction of sp³-hybridized carbons (Fsp3) is 0.286. The molecule has 15 aromatic rings. The molecule has 118 heavy (non-hydrogen) atoms. The summed E-state index contributed by atoms with van der Waals surface area (Å²) in [6.07, 6.45) is 29.5. The van der Waals surface area contributed by atoms with E-state index in [0.29, 0.717) is 102 Å². The van der Waals surface area contributed by atoms with E-state index in [1.165, 1.54) is 73.4 Å². The molecule has 5 aliphatic rings. The predicted molar refractivity (Wildman–Crippen MR) is 450 cm³/mol. The van der Waals surface area contributed by atoms with Gasteiger partial charge in [-0.2, -0.15) is 4.98 Å². The number of halogens is 1. The number of rotatable bonds is 27. The number of ether oxygens (including phenoxy) is 3. The summed E-state index contributed by atoms with van der Waals surface area (Å²) in [6.45, 7) is 8.02. The van der Waals surface area contributed by atoms with Crippen molar-refractivity contribution in [3.05, 3.63) is 224 Å². The van der Waals surface area contributed by atoms with E-state index >= 15 is 0 Å². The number of carbonyl (C=O) groups excluding carboxylic acids is 2. The summed E-state index contributed by atoms with van der Waals surface area (Å²) in [5, 5.41) is 42.6. The van der Waals surface area contributed by atoms with Gasteiger partial charge in [-0.15, -0.1) is 25.5 Å². The van der Waals surface area contributed by atoms with Crippen LogP contribution in [0.2, 0.25) is 5.02 Å². The summed E-state index contributed by atoms with van der Waals surface area (Å²) >= 11 is 5.92. The van der Waals surface area contributed by atoms with Crippen molar-refractivity contribution >= 4 is 98.4 Å². The van der Waals surface area contributed by atoms with E-state index in [1.807, 2.05) is 125 Å². The number of anilines is 11. The summed E-state index contributed by atoms with van der Waals surface area (Å²) < 4.78 is 30.7. The predicted octanol–water partition coefficient (Wildman–Crippen LogP) is 16.4. The van der Waals surface area contributed by atoms with Crippen molar-refractivity contribution in [3.8, 4) is 45.5 Å². The van der Waals surface area contributed by atoms with Crippen LogP contribution in [0.4, 0.5) is 64.1 Å². The summed E-state index contributed by atoms with van der Waals surface area (Å²) in [5.74, 6) is 8.60. The first-order valence-corrected chi connectivity index (χ1v) is 39.8. The molecule has 9 aromatic heterocycles. The minimum Gasteiger partial charge on any atom is -0.496 e. The Morgan fingerprint density at radius 2 is 1.25 bits per heavy atom. The molecule has 4 fully saturated rings. The quantitative estimate of drug-likeness (QED) is 0.0216. The van der Waals surface area contributed by atoms with Crippen LogP contribution in [0.1, 0.15) is 136 Å². The summed E-state index contributed by atoms with van der Waals surface area (Å²) in [7, 11) is 3.50. The van der Waals surface area contributed by atoms with Gasteiger partial charge >= 0.3 is 0 Å². The molecule has 10 heterocycles. The highest BCUT2D eigenvalue weighted by Crippen LogP contribution is 2.43. The number of amides is 2. The number of H-pyrrole nitrogens is 3. The molecule has 0 bridgehead atoms. The van der Waals surface area contributed by atoms with Gasteiger partial charge in [0.25, 0.3) is 5.91 Å². The van der Waals surface area contributed by atoms with Gasteiger partial charge in [-0.25, -0.2) is 48.6 Å². The van der Waals surface area contributed by atoms with E-state index in [0.717, 1.165) is 93.3 Å². The fourth-order valence-corrected chi connectivity index (χ4v) is 13.3. The van der Waals surface area contributed by atoms with E-state index in [2.05, 4.69) is 144 Å². The number of hydrogen-bond acceptors (Lipinski definition) is 23. The SMILES string of the molecule is CCCCNC(=O)c1cc(Nc2ncn(-c3ccoc3)n2)cc(C2CC2)c1.CCOc1cccc(-c2ncc(Nc3ncn(C4CC4)n3)[nH]2)c1.COc1cc(Nc2ncn(C3CC3)n2)cc2c1CCN2C(C)=O.Clc1cccc(OCc2ncc(Nc3ncn(C4CC4)n3)[nH]2)c1.Cn1cnc(Nc2ccc3[nH]cc(-c4ccccc4)c3c2)n1. The molecule has 4 aliphatic carbocycles. The van der Waals surface area contributed by atoms with Crippen LogP contribution >= 0.6 is 11.6 Å². The molecule has 0 saturated heterocycles. The number of benzene rings is 6. The Bertz CT molecular complexity index is 5860. The Balaban J connectivity index is 0.000000110. The third-order valence-electron chi connectivity index (χ3n) is 19.7. The first kappa shape index (κ1) is 77.8. The summed E-state index contributed by atoms with van der Waals surface area (Å²) in [5.41, 5.74) is 11.7. The number of imidazole rings is 2. The maximum atomic E-state index is 12.5. The lowest BCUT2D eigenvalue weighted by Gasteiger charge is -2.17. The third-order valence-corrected chi connectivity index (χ3v) is 20.0. The smallest absolute Gasteiger partial charge is 0.251 e. The standard InChI is InChI=1S/C20H23N5O2.C17H15N5.C16H18N6O.C16H19N5O2.C15H15ClN6O/c1-2-3-7-21-19(26)16-9-15(14-4-5-14)10-17(11-16)23-20-22-13-25(24-20)18-6-8-27-12-18;1-22-11-19-17(21-22)20-13-7-8-16-14(9-13)15(10-18-16)12-5-3-2-4-6-12;1-2-23-13-5-3-4-11(8-13)15-17-9-14(19-15)20-16-18-10-22(21-16)12-6-7-12;1-10(22)20-6-5-13-14(20)7-11(8-15(13)23-2)18-16-17-9-21(19-16)12-3-4-12;16-10-2-1-3-12(6-10)23-8-14-17-7-13(19-14)20-15-18-9-22(21-15)11-4-5-11/h6,8-14H,2-5,7H2,1H3,(H,21,26)(H,23,24);2-11,18H,1H3,(H,20,21);3-5,8-10,12H,2,6-7H2,1H3,(H,17,19)(H,20,21);7-9,12H,3-6H2,1-2H3,(H,18,19);1-3,6-7,9,11H,4-5,8H2,(H,17,19)(H,20,21). The molecule has 0 radical (unpaired) electrons. The molecular weight excluding hydrogens is 1520 g/mol. The van der Waals surface area contributed by atoms with Gasteiger partial charge < -0.3 is 70.4 Å². The number of aryl methyl sites for hydroxylation is 1. The number of nitrogens with one attached hydrogen (secondary N) is 9. The molecule has 0 atom stereocenters. The van der Waals surface area contributed by atoms with Crippen LogP contribution in [0.15, 0.2) is 201 Å². The van der Waals surface area contributed by atoms with Crippen LogP contribution in [0.5, 0.6) is 17.2 Å². The van der Waals surface area contributed by atoms with Gasteiger partial charge in [-0.1, -0.05) is 73.5 Å². The maximum absolute atomic E-state index is 12.5.